The average molecular weight is 333 g/mol. The number of piperidine rings is 1. The van der Waals surface area contributed by atoms with E-state index in [1.54, 1.807) is 31.7 Å². The van der Waals surface area contributed by atoms with Gasteiger partial charge in [0.1, 0.15) is 11.3 Å². The lowest BCUT2D eigenvalue weighted by atomic mass is 10.0. The number of rotatable bonds is 3. The van der Waals surface area contributed by atoms with E-state index in [-0.39, 0.29) is 17.6 Å². The molecular weight excluding hydrogens is 310 g/mol. The second-order valence-electron chi connectivity index (χ2n) is 6.82. The fourth-order valence-electron chi connectivity index (χ4n) is 2.58. The van der Waals surface area contributed by atoms with Gasteiger partial charge in [-0.3, -0.25) is 14.6 Å². The molecule has 2 heterocycles. The first-order chi connectivity index (χ1) is 11.3. The smallest absolute Gasteiger partial charge is 0.407 e. The largest absolute Gasteiger partial charge is 0.444 e. The number of ether oxygens (including phenoxy) is 1. The number of alkyl carbamates (subject to hydrolysis) is 1. The Balaban J connectivity index is 1.98. The van der Waals surface area contributed by atoms with Gasteiger partial charge in [0.2, 0.25) is 0 Å². The van der Waals surface area contributed by atoms with Gasteiger partial charge in [-0.15, -0.1) is 0 Å². The standard InChI is InChI=1S/C17H23N3O4/c1-17(2,3)24-16(23)19-13-5-4-8-20(10-13)15(22)12-6-7-18-14(9-12)11-21/h6-7,9,11,13H,4-5,8,10H2,1-3H3,(H,19,23)/t13-/m1/s1. The van der Waals surface area contributed by atoms with Crippen molar-refractivity contribution in [1.82, 2.24) is 15.2 Å². The Labute approximate surface area is 141 Å². The van der Waals surface area contributed by atoms with E-state index in [4.69, 9.17) is 4.74 Å². The zero-order valence-corrected chi connectivity index (χ0v) is 14.2. The molecule has 1 aromatic rings. The summed E-state index contributed by atoms with van der Waals surface area (Å²) in [4.78, 5) is 40.8. The fourth-order valence-corrected chi connectivity index (χ4v) is 2.58. The summed E-state index contributed by atoms with van der Waals surface area (Å²) in [7, 11) is 0. The molecule has 0 spiro atoms. The predicted molar refractivity (Wildman–Crippen MR) is 87.9 cm³/mol. The van der Waals surface area contributed by atoms with E-state index >= 15 is 0 Å². The molecule has 7 heteroatoms. The van der Waals surface area contributed by atoms with Gasteiger partial charge in [0.05, 0.1) is 0 Å². The zero-order chi connectivity index (χ0) is 17.7. The molecule has 1 aliphatic rings. The van der Waals surface area contributed by atoms with Crippen molar-refractivity contribution in [2.75, 3.05) is 13.1 Å². The Bertz CT molecular complexity index is 625. The van der Waals surface area contributed by atoms with Gasteiger partial charge in [-0.2, -0.15) is 0 Å². The lowest BCUT2D eigenvalue weighted by Crippen LogP contribution is -2.50. The van der Waals surface area contributed by atoms with E-state index in [2.05, 4.69) is 10.3 Å². The number of carbonyl (C=O) groups is 3. The number of hydrogen-bond acceptors (Lipinski definition) is 5. The van der Waals surface area contributed by atoms with Crippen LogP contribution in [0.4, 0.5) is 4.79 Å². The summed E-state index contributed by atoms with van der Waals surface area (Å²) in [5.74, 6) is -0.170. The molecule has 130 valence electrons. The van der Waals surface area contributed by atoms with E-state index < -0.39 is 11.7 Å². The number of hydrogen-bond donors (Lipinski definition) is 1. The normalized spacial score (nSPS) is 18.0. The molecule has 1 atom stereocenters. The van der Waals surface area contributed by atoms with Crippen LogP contribution in [0.3, 0.4) is 0 Å². The van der Waals surface area contributed by atoms with Gasteiger partial charge in [-0.25, -0.2) is 4.79 Å². The number of carbonyl (C=O) groups excluding carboxylic acids is 3. The van der Waals surface area contributed by atoms with Crippen LogP contribution in [0.25, 0.3) is 0 Å². The number of likely N-dealkylation sites (tertiary alicyclic amines) is 1. The minimum Gasteiger partial charge on any atom is -0.444 e. The molecule has 0 saturated carbocycles. The van der Waals surface area contributed by atoms with Crippen LogP contribution in [0, 0.1) is 0 Å². The Kier molecular flexibility index (Phi) is 5.54. The van der Waals surface area contributed by atoms with Gasteiger partial charge in [0.25, 0.3) is 5.91 Å². The molecule has 0 aromatic carbocycles. The lowest BCUT2D eigenvalue weighted by Gasteiger charge is -2.33. The van der Waals surface area contributed by atoms with E-state index in [9.17, 15) is 14.4 Å². The molecule has 1 saturated heterocycles. The third-order valence-electron chi connectivity index (χ3n) is 3.58. The Hall–Kier alpha value is -2.44. The van der Waals surface area contributed by atoms with Crippen LogP contribution in [0.15, 0.2) is 18.3 Å². The molecule has 7 nitrogen and oxygen atoms in total. The van der Waals surface area contributed by atoms with Crippen molar-refractivity contribution in [1.29, 1.82) is 0 Å². The lowest BCUT2D eigenvalue weighted by molar-refractivity contribution is 0.0452. The third-order valence-corrected chi connectivity index (χ3v) is 3.58. The van der Waals surface area contributed by atoms with Gasteiger partial charge in [-0.1, -0.05) is 0 Å². The molecule has 24 heavy (non-hydrogen) atoms. The Morgan fingerprint density at radius 2 is 2.17 bits per heavy atom. The quantitative estimate of drug-likeness (QED) is 0.855. The maximum absolute atomic E-state index is 12.6. The third kappa shape index (κ3) is 5.04. The first-order valence-corrected chi connectivity index (χ1v) is 7.98. The van der Waals surface area contributed by atoms with Gasteiger partial charge in [0, 0.05) is 30.9 Å². The van der Waals surface area contributed by atoms with Crippen LogP contribution in [0.1, 0.15) is 54.5 Å². The molecule has 2 amide bonds. The van der Waals surface area contributed by atoms with Crippen molar-refractivity contribution in [3.8, 4) is 0 Å². The molecule has 1 N–H and O–H groups in total. The van der Waals surface area contributed by atoms with Crippen molar-refractivity contribution in [3.05, 3.63) is 29.6 Å². The van der Waals surface area contributed by atoms with E-state index in [0.29, 0.717) is 24.9 Å². The molecular formula is C17H23N3O4. The van der Waals surface area contributed by atoms with Crippen molar-refractivity contribution in [2.45, 2.75) is 45.3 Å². The maximum Gasteiger partial charge on any atom is 0.407 e. The van der Waals surface area contributed by atoms with Crippen molar-refractivity contribution < 1.29 is 19.1 Å². The highest BCUT2D eigenvalue weighted by Gasteiger charge is 2.27. The predicted octanol–water partition coefficient (Wildman–Crippen LogP) is 2.02. The second kappa shape index (κ2) is 7.42. The van der Waals surface area contributed by atoms with E-state index in [1.807, 2.05) is 0 Å². The summed E-state index contributed by atoms with van der Waals surface area (Å²) in [5, 5.41) is 2.81. The summed E-state index contributed by atoms with van der Waals surface area (Å²) in [6.45, 7) is 6.44. The van der Waals surface area contributed by atoms with Crippen LogP contribution in [0.5, 0.6) is 0 Å². The van der Waals surface area contributed by atoms with Crippen LogP contribution < -0.4 is 5.32 Å². The monoisotopic (exact) mass is 333 g/mol. The van der Waals surface area contributed by atoms with Gasteiger partial charge in [-0.05, 0) is 45.7 Å². The molecule has 1 fully saturated rings. The minimum absolute atomic E-state index is 0.148. The molecule has 0 unspecified atom stereocenters. The van der Waals surface area contributed by atoms with Crippen molar-refractivity contribution in [3.63, 3.8) is 0 Å². The van der Waals surface area contributed by atoms with E-state index in [0.717, 1.165) is 12.8 Å². The zero-order valence-electron chi connectivity index (χ0n) is 14.2. The first kappa shape index (κ1) is 17.9. The van der Waals surface area contributed by atoms with Crippen molar-refractivity contribution in [2.24, 2.45) is 0 Å². The first-order valence-electron chi connectivity index (χ1n) is 7.98. The molecule has 0 bridgehead atoms. The molecule has 2 rings (SSSR count). The average Bonchev–Trinajstić information content (AvgIpc) is 2.52. The second-order valence-corrected chi connectivity index (χ2v) is 6.82. The number of aldehydes is 1. The van der Waals surface area contributed by atoms with Crippen molar-refractivity contribution >= 4 is 18.3 Å². The molecule has 1 aliphatic heterocycles. The molecule has 1 aromatic heterocycles. The summed E-state index contributed by atoms with van der Waals surface area (Å²) < 4.78 is 5.25. The Morgan fingerprint density at radius 1 is 1.42 bits per heavy atom. The number of aromatic nitrogens is 1. The summed E-state index contributed by atoms with van der Waals surface area (Å²) in [6, 6.07) is 2.91. The summed E-state index contributed by atoms with van der Waals surface area (Å²) in [6.07, 6.45) is 3.16. The van der Waals surface area contributed by atoms with E-state index in [1.165, 1.54) is 12.3 Å². The minimum atomic E-state index is -0.559. The highest BCUT2D eigenvalue weighted by Crippen LogP contribution is 2.15. The van der Waals surface area contributed by atoms with Crippen LogP contribution in [0.2, 0.25) is 0 Å². The number of pyridine rings is 1. The van der Waals surface area contributed by atoms with Gasteiger partial charge in [0.15, 0.2) is 6.29 Å². The number of nitrogens with one attached hydrogen (secondary N) is 1. The summed E-state index contributed by atoms with van der Waals surface area (Å²) in [5.41, 5.74) is 0.0857. The Morgan fingerprint density at radius 3 is 2.83 bits per heavy atom. The van der Waals surface area contributed by atoms with Crippen LogP contribution in [-0.2, 0) is 4.74 Å². The summed E-state index contributed by atoms with van der Waals surface area (Å²) >= 11 is 0. The van der Waals surface area contributed by atoms with Crippen LogP contribution in [-0.4, -0.2) is 52.9 Å². The molecule has 0 aliphatic carbocycles. The SMILES string of the molecule is CC(C)(C)OC(=O)N[C@@H]1CCCN(C(=O)c2ccnc(C=O)c2)C1. The highest BCUT2D eigenvalue weighted by atomic mass is 16.6. The topological polar surface area (TPSA) is 88.6 Å². The van der Waals surface area contributed by atoms with Crippen LogP contribution >= 0.6 is 0 Å². The molecule has 0 radical (unpaired) electrons. The maximum atomic E-state index is 12.6. The number of nitrogens with zero attached hydrogens (tertiary/aromatic N) is 2. The van der Waals surface area contributed by atoms with Gasteiger partial charge >= 0.3 is 6.09 Å². The van der Waals surface area contributed by atoms with Gasteiger partial charge < -0.3 is 15.0 Å². The highest BCUT2D eigenvalue weighted by molar-refractivity contribution is 5.95. The fraction of sp³-hybridized carbons (Fsp3) is 0.529. The number of amides is 2.